The van der Waals surface area contributed by atoms with Crippen LogP contribution in [0.3, 0.4) is 0 Å². The van der Waals surface area contributed by atoms with Gasteiger partial charge in [0.25, 0.3) is 5.89 Å². The van der Waals surface area contributed by atoms with Crippen molar-refractivity contribution < 1.29 is 23.4 Å². The molecule has 0 spiro atoms. The molecule has 1 N–H and O–H groups in total. The Morgan fingerprint density at radius 1 is 1.02 bits per heavy atom. The van der Waals surface area contributed by atoms with Crippen molar-refractivity contribution in [2.75, 3.05) is 51.9 Å². The van der Waals surface area contributed by atoms with Crippen LogP contribution in [0.15, 0.2) is 77.7 Å². The van der Waals surface area contributed by atoms with E-state index in [-0.39, 0.29) is 0 Å². The highest BCUT2D eigenvalue weighted by Gasteiger charge is 2.16. The van der Waals surface area contributed by atoms with E-state index in [9.17, 15) is 5.26 Å². The molecule has 5 aromatic rings. The summed E-state index contributed by atoms with van der Waals surface area (Å²) in [4.78, 5) is 6.90. The van der Waals surface area contributed by atoms with Crippen LogP contribution in [0.2, 0.25) is 0 Å². The fraction of sp³-hybridized carbons (Fsp3) is 0.250. The molecule has 1 aliphatic rings. The van der Waals surface area contributed by atoms with Crippen LogP contribution < -0.4 is 19.5 Å². The number of hydrogen-bond acceptors (Lipinski definition) is 11. The number of rotatable bonds is 11. The van der Waals surface area contributed by atoms with Crippen molar-refractivity contribution in [3.05, 3.63) is 78.8 Å². The number of fused-ring (bicyclic) bond motifs is 1. The third-order valence-corrected chi connectivity index (χ3v) is 7.08. The molecule has 2 aromatic heterocycles. The fourth-order valence-electron chi connectivity index (χ4n) is 4.89. The standard InChI is InChI=1S/C32H30N6O5/c1-39-29-17-26-27(18-30(29)41-14-4-11-38-12-15-40-16-13-38)34-20-22(19-33)31(26)36-23-7-9-24(10-8-23)43-28-6-3-2-5-25(28)32-37-35-21-42-32/h2-3,5-10,17-18,20-21H,4,11-16H2,1H3,(H,34,36). The number of anilines is 2. The third-order valence-electron chi connectivity index (χ3n) is 7.08. The molecule has 3 heterocycles. The molecule has 0 amide bonds. The summed E-state index contributed by atoms with van der Waals surface area (Å²) in [7, 11) is 1.60. The Hall–Kier alpha value is -5.18. The van der Waals surface area contributed by atoms with Gasteiger partial charge in [0.15, 0.2) is 11.5 Å². The van der Waals surface area contributed by atoms with Gasteiger partial charge in [-0.2, -0.15) is 5.26 Å². The lowest BCUT2D eigenvalue weighted by atomic mass is 10.1. The van der Waals surface area contributed by atoms with E-state index in [0.29, 0.717) is 57.8 Å². The first kappa shape index (κ1) is 28.0. The van der Waals surface area contributed by atoms with E-state index in [1.807, 2.05) is 60.7 Å². The number of pyridine rings is 1. The lowest BCUT2D eigenvalue weighted by Gasteiger charge is -2.26. The summed E-state index contributed by atoms with van der Waals surface area (Å²) in [6, 6.07) is 20.8. The van der Waals surface area contributed by atoms with Crippen LogP contribution in [-0.2, 0) is 4.74 Å². The molecule has 0 unspecified atom stereocenters. The largest absolute Gasteiger partial charge is 0.493 e. The maximum Gasteiger partial charge on any atom is 0.251 e. The second kappa shape index (κ2) is 13.2. The normalized spacial score (nSPS) is 13.4. The van der Waals surface area contributed by atoms with Gasteiger partial charge in [-0.3, -0.25) is 9.88 Å². The van der Waals surface area contributed by atoms with Gasteiger partial charge in [0.1, 0.15) is 17.6 Å². The van der Waals surface area contributed by atoms with Gasteiger partial charge in [0.05, 0.1) is 49.3 Å². The third kappa shape index (κ3) is 6.51. The van der Waals surface area contributed by atoms with Gasteiger partial charge in [-0.25, -0.2) is 0 Å². The number of nitriles is 1. The molecule has 1 saturated heterocycles. The maximum atomic E-state index is 9.87. The predicted octanol–water partition coefficient (Wildman–Crippen LogP) is 5.80. The summed E-state index contributed by atoms with van der Waals surface area (Å²) in [5.74, 6) is 2.77. The zero-order chi connectivity index (χ0) is 29.4. The Kier molecular flexibility index (Phi) is 8.59. The quantitative estimate of drug-likeness (QED) is 0.191. The van der Waals surface area contributed by atoms with Gasteiger partial charge in [-0.1, -0.05) is 12.1 Å². The van der Waals surface area contributed by atoms with Crippen molar-refractivity contribution in [2.45, 2.75) is 6.42 Å². The second-order valence-corrected chi connectivity index (χ2v) is 9.83. The molecule has 218 valence electrons. The number of nitrogens with zero attached hydrogens (tertiary/aromatic N) is 5. The number of methoxy groups -OCH3 is 1. The number of morpholine rings is 1. The van der Waals surface area contributed by atoms with Gasteiger partial charge in [-0.05, 0) is 48.9 Å². The van der Waals surface area contributed by atoms with Crippen LogP contribution in [0.1, 0.15) is 12.0 Å². The Balaban J connectivity index is 1.19. The van der Waals surface area contributed by atoms with Gasteiger partial charge in [0.2, 0.25) is 6.39 Å². The minimum atomic E-state index is 0.374. The molecule has 0 radical (unpaired) electrons. The molecule has 0 bridgehead atoms. The Labute approximate surface area is 248 Å². The van der Waals surface area contributed by atoms with Crippen LogP contribution in [0, 0.1) is 11.3 Å². The number of aromatic nitrogens is 3. The van der Waals surface area contributed by atoms with Crippen molar-refractivity contribution in [1.29, 1.82) is 5.26 Å². The van der Waals surface area contributed by atoms with Gasteiger partial charge in [-0.15, -0.1) is 10.2 Å². The average Bonchev–Trinajstić information content (AvgIpc) is 3.60. The molecule has 1 aliphatic heterocycles. The minimum absolute atomic E-state index is 0.374. The Morgan fingerprint density at radius 2 is 1.86 bits per heavy atom. The lowest BCUT2D eigenvalue weighted by Crippen LogP contribution is -2.37. The summed E-state index contributed by atoms with van der Waals surface area (Å²) < 4.78 is 28.6. The van der Waals surface area contributed by atoms with Crippen molar-refractivity contribution in [3.63, 3.8) is 0 Å². The van der Waals surface area contributed by atoms with Crippen molar-refractivity contribution >= 4 is 22.3 Å². The van der Waals surface area contributed by atoms with E-state index < -0.39 is 0 Å². The van der Waals surface area contributed by atoms with Crippen molar-refractivity contribution in [3.8, 4) is 40.5 Å². The van der Waals surface area contributed by atoms with E-state index >= 15 is 0 Å². The number of benzene rings is 3. The SMILES string of the molecule is COc1cc2c(Nc3ccc(Oc4ccccc4-c4nnco4)cc3)c(C#N)cnc2cc1OCCCN1CCOCC1. The number of para-hydroxylation sites is 1. The van der Waals surface area contributed by atoms with Gasteiger partial charge >= 0.3 is 0 Å². The Morgan fingerprint density at radius 3 is 2.63 bits per heavy atom. The first-order chi connectivity index (χ1) is 21.2. The molecule has 6 rings (SSSR count). The first-order valence-electron chi connectivity index (χ1n) is 14.0. The molecule has 43 heavy (non-hydrogen) atoms. The molecule has 0 aliphatic carbocycles. The topological polar surface area (TPSA) is 128 Å². The zero-order valence-electron chi connectivity index (χ0n) is 23.7. The highest BCUT2D eigenvalue weighted by Crippen LogP contribution is 2.38. The minimum Gasteiger partial charge on any atom is -0.493 e. The van der Waals surface area contributed by atoms with E-state index in [1.165, 1.54) is 6.39 Å². The predicted molar refractivity (Wildman–Crippen MR) is 160 cm³/mol. The highest BCUT2D eigenvalue weighted by atomic mass is 16.5. The molecule has 0 saturated carbocycles. The molecular weight excluding hydrogens is 548 g/mol. The van der Waals surface area contributed by atoms with E-state index in [2.05, 4.69) is 31.5 Å². The van der Waals surface area contributed by atoms with E-state index in [1.54, 1.807) is 13.3 Å². The smallest absolute Gasteiger partial charge is 0.251 e. The molecular formula is C32H30N6O5. The molecule has 0 atom stereocenters. The molecule has 11 nitrogen and oxygen atoms in total. The lowest BCUT2D eigenvalue weighted by molar-refractivity contribution is 0.0357. The summed E-state index contributed by atoms with van der Waals surface area (Å²) >= 11 is 0. The van der Waals surface area contributed by atoms with Crippen LogP contribution >= 0.6 is 0 Å². The summed E-state index contributed by atoms with van der Waals surface area (Å²) in [5.41, 5.74) is 3.17. The summed E-state index contributed by atoms with van der Waals surface area (Å²) in [6.45, 7) is 4.96. The molecule has 1 fully saturated rings. The number of nitrogens with one attached hydrogen (secondary N) is 1. The monoisotopic (exact) mass is 578 g/mol. The zero-order valence-corrected chi connectivity index (χ0v) is 23.7. The van der Waals surface area contributed by atoms with Crippen molar-refractivity contribution in [1.82, 2.24) is 20.1 Å². The van der Waals surface area contributed by atoms with Crippen LogP contribution in [-0.4, -0.2) is 66.6 Å². The van der Waals surface area contributed by atoms with Crippen LogP contribution in [0.5, 0.6) is 23.0 Å². The van der Waals surface area contributed by atoms with Crippen LogP contribution in [0.4, 0.5) is 11.4 Å². The summed E-state index contributed by atoms with van der Waals surface area (Å²) in [5, 5.41) is 21.7. The van der Waals surface area contributed by atoms with Gasteiger partial charge in [0, 0.05) is 43.0 Å². The number of ether oxygens (including phenoxy) is 4. The second-order valence-electron chi connectivity index (χ2n) is 9.83. The Bertz CT molecular complexity index is 1710. The highest BCUT2D eigenvalue weighted by molar-refractivity contribution is 5.97. The van der Waals surface area contributed by atoms with Gasteiger partial charge < -0.3 is 28.7 Å². The van der Waals surface area contributed by atoms with E-state index in [0.717, 1.165) is 50.3 Å². The average molecular weight is 579 g/mol. The number of hydrogen-bond donors (Lipinski definition) is 1. The first-order valence-corrected chi connectivity index (χ1v) is 14.0. The maximum absolute atomic E-state index is 9.87. The van der Waals surface area contributed by atoms with E-state index in [4.69, 9.17) is 23.4 Å². The van der Waals surface area contributed by atoms with Crippen molar-refractivity contribution in [2.24, 2.45) is 0 Å². The molecule has 3 aromatic carbocycles. The van der Waals surface area contributed by atoms with Crippen LogP contribution in [0.25, 0.3) is 22.4 Å². The molecule has 11 heteroatoms. The summed E-state index contributed by atoms with van der Waals surface area (Å²) in [6.07, 6.45) is 3.73. The fourth-order valence-corrected chi connectivity index (χ4v) is 4.89.